The average molecular weight is 433 g/mol. The maximum Gasteiger partial charge on any atom is 0.243 e. The number of rotatable bonds is 10. The Morgan fingerprint density at radius 1 is 1.13 bits per heavy atom. The molecule has 1 heterocycles. The lowest BCUT2D eigenvalue weighted by molar-refractivity contribution is -0.131. The molecule has 0 bridgehead atoms. The van der Waals surface area contributed by atoms with Crippen LogP contribution in [0.2, 0.25) is 0 Å². The van der Waals surface area contributed by atoms with Crippen LogP contribution in [-0.2, 0) is 14.4 Å². The van der Waals surface area contributed by atoms with Gasteiger partial charge in [-0.1, -0.05) is 31.2 Å². The summed E-state index contributed by atoms with van der Waals surface area (Å²) in [4.78, 5) is 36.0. The first-order chi connectivity index (χ1) is 14.6. The number of benzene rings is 1. The third-order valence-corrected chi connectivity index (χ3v) is 4.71. The third kappa shape index (κ3) is 7.16. The molecule has 31 heavy (non-hydrogen) atoms. The zero-order valence-corrected chi connectivity index (χ0v) is 18.1. The minimum Gasteiger partial charge on any atom is -0.370 e. The number of nitrogens with zero attached hydrogens (tertiary/aromatic N) is 3. The van der Waals surface area contributed by atoms with Gasteiger partial charge in [-0.2, -0.15) is 0 Å². The molecule has 2 rings (SSSR count). The summed E-state index contributed by atoms with van der Waals surface area (Å²) in [7, 11) is 0. The van der Waals surface area contributed by atoms with Crippen LogP contribution in [0.15, 0.2) is 30.5 Å². The Labute approximate surface area is 180 Å². The molecule has 0 aliphatic carbocycles. The van der Waals surface area contributed by atoms with E-state index in [1.165, 1.54) is 12.1 Å². The Morgan fingerprint density at radius 3 is 2.45 bits per heavy atom. The monoisotopic (exact) mass is 432 g/mol. The molecule has 1 aromatic carbocycles. The number of nitrogens with two attached hydrogens (primary N) is 1. The first kappa shape index (κ1) is 24.0. The summed E-state index contributed by atoms with van der Waals surface area (Å²) in [6, 6.07) is 4.31. The predicted octanol–water partition coefficient (Wildman–Crippen LogP) is 1.61. The van der Waals surface area contributed by atoms with E-state index in [0.717, 1.165) is 5.56 Å². The number of aromatic nitrogens is 3. The smallest absolute Gasteiger partial charge is 0.243 e. The van der Waals surface area contributed by atoms with E-state index in [-0.39, 0.29) is 36.5 Å². The molecule has 3 atom stereocenters. The van der Waals surface area contributed by atoms with Gasteiger partial charge in [-0.25, -0.2) is 9.07 Å². The van der Waals surface area contributed by atoms with E-state index in [4.69, 9.17) is 5.73 Å². The number of primary amides is 1. The van der Waals surface area contributed by atoms with Gasteiger partial charge in [0.05, 0.1) is 24.7 Å². The van der Waals surface area contributed by atoms with Gasteiger partial charge in [-0.05, 0) is 37.5 Å². The second-order valence-corrected chi connectivity index (χ2v) is 7.97. The van der Waals surface area contributed by atoms with Crippen molar-refractivity contribution in [1.29, 1.82) is 0 Å². The van der Waals surface area contributed by atoms with Gasteiger partial charge in [0.2, 0.25) is 17.7 Å². The van der Waals surface area contributed by atoms with Crippen LogP contribution >= 0.6 is 0 Å². The highest BCUT2D eigenvalue weighted by atomic mass is 19.1. The van der Waals surface area contributed by atoms with E-state index in [9.17, 15) is 18.8 Å². The minimum absolute atomic E-state index is 0.103. The van der Waals surface area contributed by atoms with Gasteiger partial charge in [-0.15, -0.1) is 5.10 Å². The lowest BCUT2D eigenvalue weighted by Gasteiger charge is -2.20. The molecular formula is C21H29FN6O3. The molecule has 1 aromatic heterocycles. The number of carbonyl (C=O) groups excluding carboxylic acids is 3. The van der Waals surface area contributed by atoms with Crippen LogP contribution in [0.3, 0.4) is 0 Å². The maximum absolute atomic E-state index is 13.5. The summed E-state index contributed by atoms with van der Waals surface area (Å²) in [6.45, 7) is 7.30. The van der Waals surface area contributed by atoms with Gasteiger partial charge in [0, 0.05) is 6.42 Å². The van der Waals surface area contributed by atoms with Gasteiger partial charge >= 0.3 is 0 Å². The molecule has 0 aliphatic heterocycles. The van der Waals surface area contributed by atoms with Crippen molar-refractivity contribution in [1.82, 2.24) is 25.6 Å². The lowest BCUT2D eigenvalue weighted by atomic mass is 10.1. The van der Waals surface area contributed by atoms with Gasteiger partial charge in [0.1, 0.15) is 17.6 Å². The molecule has 0 radical (unpaired) electrons. The topological polar surface area (TPSA) is 132 Å². The molecule has 0 fully saturated rings. The van der Waals surface area contributed by atoms with Gasteiger partial charge < -0.3 is 16.4 Å². The Kier molecular flexibility index (Phi) is 8.23. The molecule has 168 valence electrons. The van der Waals surface area contributed by atoms with Crippen molar-refractivity contribution in [3.05, 3.63) is 47.5 Å². The van der Waals surface area contributed by atoms with Crippen LogP contribution in [0.1, 0.15) is 63.9 Å². The van der Waals surface area contributed by atoms with Gasteiger partial charge in [0.25, 0.3) is 0 Å². The predicted molar refractivity (Wildman–Crippen MR) is 112 cm³/mol. The van der Waals surface area contributed by atoms with Crippen LogP contribution in [0.25, 0.3) is 0 Å². The van der Waals surface area contributed by atoms with E-state index in [1.807, 2.05) is 20.8 Å². The molecule has 0 saturated carbocycles. The summed E-state index contributed by atoms with van der Waals surface area (Å²) in [5, 5.41) is 13.4. The van der Waals surface area contributed by atoms with Crippen LogP contribution < -0.4 is 16.4 Å². The number of halogens is 1. The number of amides is 3. The summed E-state index contributed by atoms with van der Waals surface area (Å²) in [5.74, 6) is -1.82. The minimum atomic E-state index is -1.08. The van der Waals surface area contributed by atoms with Crippen LogP contribution in [0, 0.1) is 11.7 Å². The Balaban J connectivity index is 2.06. The molecule has 0 aliphatic rings. The molecule has 3 amide bonds. The summed E-state index contributed by atoms with van der Waals surface area (Å²) >= 11 is 0. The van der Waals surface area contributed by atoms with E-state index < -0.39 is 23.9 Å². The van der Waals surface area contributed by atoms with Crippen molar-refractivity contribution < 1.29 is 18.8 Å². The quantitative estimate of drug-likeness (QED) is 0.525. The second kappa shape index (κ2) is 10.6. The highest BCUT2D eigenvalue weighted by Crippen LogP contribution is 2.19. The Bertz CT molecular complexity index is 929. The molecule has 2 aromatic rings. The van der Waals surface area contributed by atoms with Crippen LogP contribution in [-0.4, -0.2) is 38.8 Å². The van der Waals surface area contributed by atoms with Gasteiger partial charge in [0.15, 0.2) is 0 Å². The van der Waals surface area contributed by atoms with Crippen LogP contribution in [0.4, 0.5) is 4.39 Å². The molecular weight excluding hydrogens is 403 g/mol. The number of nitrogens with one attached hydrogen (secondary N) is 2. The highest BCUT2D eigenvalue weighted by Gasteiger charge is 2.25. The number of hydrogen-bond donors (Lipinski definition) is 3. The van der Waals surface area contributed by atoms with Crippen LogP contribution in [0.5, 0.6) is 0 Å². The fourth-order valence-electron chi connectivity index (χ4n) is 3.02. The highest BCUT2D eigenvalue weighted by molar-refractivity contribution is 5.91. The van der Waals surface area contributed by atoms with Gasteiger partial charge in [-0.3, -0.25) is 14.4 Å². The Hall–Kier alpha value is -3.30. The molecule has 0 spiro atoms. The first-order valence-corrected chi connectivity index (χ1v) is 10.1. The molecule has 9 nitrogen and oxygen atoms in total. The van der Waals surface area contributed by atoms with Crippen molar-refractivity contribution in [3.63, 3.8) is 0 Å². The maximum atomic E-state index is 13.5. The molecule has 4 N–H and O–H groups in total. The zero-order chi connectivity index (χ0) is 23.1. The summed E-state index contributed by atoms with van der Waals surface area (Å²) in [5.41, 5.74) is 6.43. The fraction of sp³-hybridized carbons (Fsp3) is 0.476. The molecule has 0 saturated heterocycles. The number of carbonyl (C=O) groups is 3. The standard InChI is InChI=1S/C21H29FN6O3/c1-12(2)8-20(30)25-17(10-19(23)29)21(31)24-13(3)18-11-28(27-26-18)14(4)15-6-5-7-16(22)9-15/h5-7,9,11-14,17H,8,10H2,1-4H3,(H2,23,29)(H,24,31)(H,25,30)/t13?,14-,17?/m1/s1. The van der Waals surface area contributed by atoms with E-state index in [0.29, 0.717) is 5.69 Å². The largest absolute Gasteiger partial charge is 0.370 e. The zero-order valence-electron chi connectivity index (χ0n) is 18.1. The summed E-state index contributed by atoms with van der Waals surface area (Å²) < 4.78 is 15.1. The van der Waals surface area contributed by atoms with Crippen molar-refractivity contribution in [2.75, 3.05) is 0 Å². The SMILES string of the molecule is CC(C)CC(=O)NC(CC(N)=O)C(=O)NC(C)c1cn([C@H](C)c2cccc(F)c2)nn1. The third-order valence-electron chi connectivity index (χ3n) is 4.71. The van der Waals surface area contributed by atoms with Crippen molar-refractivity contribution in [2.45, 2.75) is 58.7 Å². The normalized spacial score (nSPS) is 14.0. The fourth-order valence-corrected chi connectivity index (χ4v) is 3.02. The average Bonchev–Trinajstić information content (AvgIpc) is 3.16. The van der Waals surface area contributed by atoms with Crippen molar-refractivity contribution in [2.24, 2.45) is 11.7 Å². The van der Waals surface area contributed by atoms with Crippen molar-refractivity contribution >= 4 is 17.7 Å². The lowest BCUT2D eigenvalue weighted by Crippen LogP contribution is -2.49. The molecule has 10 heteroatoms. The van der Waals surface area contributed by atoms with E-state index in [1.54, 1.807) is 29.9 Å². The molecule has 2 unspecified atom stereocenters. The van der Waals surface area contributed by atoms with E-state index >= 15 is 0 Å². The van der Waals surface area contributed by atoms with Crippen molar-refractivity contribution in [3.8, 4) is 0 Å². The Morgan fingerprint density at radius 2 is 1.84 bits per heavy atom. The second-order valence-electron chi connectivity index (χ2n) is 7.97. The first-order valence-electron chi connectivity index (χ1n) is 10.1. The number of hydrogen-bond acceptors (Lipinski definition) is 5. The summed E-state index contributed by atoms with van der Waals surface area (Å²) in [6.07, 6.45) is 1.57. The van der Waals surface area contributed by atoms with E-state index in [2.05, 4.69) is 20.9 Å².